The lowest BCUT2D eigenvalue weighted by atomic mass is 10.1. The highest BCUT2D eigenvalue weighted by atomic mass is 127. The van der Waals surface area contributed by atoms with Gasteiger partial charge in [0.1, 0.15) is 11.6 Å². The number of rotatable bonds is 4. The number of aliphatic imine (C=N–C) groups is 1. The number of hydrogen-bond acceptors (Lipinski definition) is 2. The van der Waals surface area contributed by atoms with E-state index in [-0.39, 0.29) is 41.5 Å². The molecule has 1 saturated carbocycles. The molecule has 1 aromatic carbocycles. The van der Waals surface area contributed by atoms with Crippen LogP contribution in [0.5, 0.6) is 0 Å². The van der Waals surface area contributed by atoms with E-state index in [1.54, 1.807) is 7.05 Å². The summed E-state index contributed by atoms with van der Waals surface area (Å²) < 4.78 is 33.4. The molecule has 0 spiro atoms. The van der Waals surface area contributed by atoms with Gasteiger partial charge in [-0.3, -0.25) is 4.99 Å². The Hall–Kier alpha value is -0.960. The van der Waals surface area contributed by atoms with Crippen molar-refractivity contribution in [1.82, 2.24) is 10.2 Å². The van der Waals surface area contributed by atoms with Gasteiger partial charge >= 0.3 is 0 Å². The predicted molar refractivity (Wildman–Crippen MR) is 106 cm³/mol. The summed E-state index contributed by atoms with van der Waals surface area (Å²) in [6, 6.07) is 4.09. The maximum atomic E-state index is 13.9. The molecule has 4 nitrogen and oxygen atoms in total. The Labute approximate surface area is 165 Å². The van der Waals surface area contributed by atoms with Crippen molar-refractivity contribution in [1.29, 1.82) is 0 Å². The third kappa shape index (κ3) is 4.81. The van der Waals surface area contributed by atoms with Crippen LogP contribution in [0.4, 0.5) is 8.78 Å². The second kappa shape index (κ2) is 9.12. The molecule has 2 aliphatic rings. The van der Waals surface area contributed by atoms with Gasteiger partial charge in [0.25, 0.3) is 0 Å². The summed E-state index contributed by atoms with van der Waals surface area (Å²) in [4.78, 5) is 6.54. The monoisotopic (exact) mass is 465 g/mol. The number of guanidine groups is 1. The Morgan fingerprint density at radius 2 is 1.92 bits per heavy atom. The molecular formula is C18H26F2IN3O. The Kier molecular flexibility index (Phi) is 7.42. The molecule has 2 fully saturated rings. The number of hydrogen-bond donors (Lipinski definition) is 1. The molecular weight excluding hydrogens is 439 g/mol. The molecule has 2 atom stereocenters. The van der Waals surface area contributed by atoms with Crippen molar-refractivity contribution in [2.75, 3.05) is 26.7 Å². The number of nitrogens with zero attached hydrogens (tertiary/aromatic N) is 2. The lowest BCUT2D eigenvalue weighted by Gasteiger charge is -2.34. The Morgan fingerprint density at radius 3 is 2.48 bits per heavy atom. The lowest BCUT2D eigenvalue weighted by Crippen LogP contribution is -2.47. The average Bonchev–Trinajstić information content (AvgIpc) is 3.32. The van der Waals surface area contributed by atoms with Crippen molar-refractivity contribution in [3.63, 3.8) is 0 Å². The highest BCUT2D eigenvalue weighted by Gasteiger charge is 2.43. The van der Waals surface area contributed by atoms with Gasteiger partial charge < -0.3 is 15.0 Å². The van der Waals surface area contributed by atoms with Gasteiger partial charge in [0.05, 0.1) is 6.10 Å². The molecule has 2 unspecified atom stereocenters. The van der Waals surface area contributed by atoms with E-state index in [9.17, 15) is 8.78 Å². The van der Waals surface area contributed by atoms with E-state index in [4.69, 9.17) is 4.74 Å². The number of halogens is 3. The zero-order chi connectivity index (χ0) is 17.1. The molecule has 1 aliphatic carbocycles. The molecule has 1 N–H and O–H groups in total. The smallest absolute Gasteiger partial charge is 0.193 e. The van der Waals surface area contributed by atoms with Crippen molar-refractivity contribution in [2.24, 2.45) is 4.99 Å². The molecule has 0 amide bonds. The minimum absolute atomic E-state index is 0. The summed E-state index contributed by atoms with van der Waals surface area (Å²) in [5.41, 5.74) is 0.195. The first-order valence-corrected chi connectivity index (χ1v) is 8.67. The molecule has 0 bridgehead atoms. The molecule has 1 aliphatic heterocycles. The zero-order valence-corrected chi connectivity index (χ0v) is 17.0. The SMILES string of the molecule is CCOC1CCN(C(=NC)NC2CC2c2c(F)cccc2F)CC1.I. The Bertz CT molecular complexity index is 586. The second-order valence-corrected chi connectivity index (χ2v) is 6.42. The second-order valence-electron chi connectivity index (χ2n) is 6.42. The van der Waals surface area contributed by atoms with Gasteiger partial charge in [-0.25, -0.2) is 8.78 Å². The van der Waals surface area contributed by atoms with Gasteiger partial charge in [0, 0.05) is 44.3 Å². The first kappa shape index (κ1) is 20.4. The fourth-order valence-electron chi connectivity index (χ4n) is 3.47. The third-order valence-electron chi connectivity index (χ3n) is 4.83. The van der Waals surface area contributed by atoms with E-state index >= 15 is 0 Å². The van der Waals surface area contributed by atoms with E-state index in [1.807, 2.05) is 6.92 Å². The number of piperidine rings is 1. The van der Waals surface area contributed by atoms with Gasteiger partial charge in [-0.15, -0.1) is 24.0 Å². The minimum atomic E-state index is -0.461. The van der Waals surface area contributed by atoms with Crippen molar-refractivity contribution in [3.8, 4) is 0 Å². The van der Waals surface area contributed by atoms with Crippen molar-refractivity contribution in [3.05, 3.63) is 35.4 Å². The molecule has 1 heterocycles. The maximum Gasteiger partial charge on any atom is 0.193 e. The van der Waals surface area contributed by atoms with Crippen LogP contribution in [0.15, 0.2) is 23.2 Å². The minimum Gasteiger partial charge on any atom is -0.378 e. The molecule has 1 saturated heterocycles. The molecule has 0 aromatic heterocycles. The van der Waals surface area contributed by atoms with Crippen LogP contribution in [0.3, 0.4) is 0 Å². The van der Waals surface area contributed by atoms with Gasteiger partial charge in [-0.2, -0.15) is 0 Å². The molecule has 140 valence electrons. The summed E-state index contributed by atoms with van der Waals surface area (Å²) in [7, 11) is 1.75. The average molecular weight is 465 g/mol. The van der Waals surface area contributed by atoms with Gasteiger partial charge in [-0.1, -0.05) is 6.07 Å². The van der Waals surface area contributed by atoms with Crippen LogP contribution in [0.1, 0.15) is 37.7 Å². The fraction of sp³-hybridized carbons (Fsp3) is 0.611. The first-order valence-electron chi connectivity index (χ1n) is 8.67. The maximum absolute atomic E-state index is 13.9. The largest absolute Gasteiger partial charge is 0.378 e. The molecule has 3 rings (SSSR count). The summed E-state index contributed by atoms with van der Waals surface area (Å²) in [6.45, 7) is 4.53. The summed E-state index contributed by atoms with van der Waals surface area (Å²) in [6.07, 6.45) is 3.01. The van der Waals surface area contributed by atoms with Gasteiger partial charge in [-0.05, 0) is 38.3 Å². The quantitative estimate of drug-likeness (QED) is 0.420. The topological polar surface area (TPSA) is 36.9 Å². The summed E-state index contributed by atoms with van der Waals surface area (Å²) in [5, 5.41) is 3.36. The zero-order valence-electron chi connectivity index (χ0n) is 14.7. The van der Waals surface area contributed by atoms with E-state index in [0.717, 1.165) is 44.9 Å². The van der Waals surface area contributed by atoms with E-state index in [1.165, 1.54) is 18.2 Å². The van der Waals surface area contributed by atoms with Crippen LogP contribution in [0.25, 0.3) is 0 Å². The van der Waals surface area contributed by atoms with Crippen LogP contribution in [-0.2, 0) is 4.74 Å². The van der Waals surface area contributed by atoms with Crippen molar-refractivity contribution in [2.45, 2.75) is 44.2 Å². The van der Waals surface area contributed by atoms with Crippen LogP contribution < -0.4 is 5.32 Å². The van der Waals surface area contributed by atoms with Crippen LogP contribution in [-0.4, -0.2) is 49.7 Å². The van der Waals surface area contributed by atoms with Crippen molar-refractivity contribution >= 4 is 29.9 Å². The van der Waals surface area contributed by atoms with Crippen molar-refractivity contribution < 1.29 is 13.5 Å². The van der Waals surface area contributed by atoms with E-state index in [2.05, 4.69) is 15.2 Å². The predicted octanol–water partition coefficient (Wildman–Crippen LogP) is 3.52. The summed E-state index contributed by atoms with van der Waals surface area (Å²) in [5.74, 6) is -0.230. The summed E-state index contributed by atoms with van der Waals surface area (Å²) >= 11 is 0. The molecule has 1 aromatic rings. The third-order valence-corrected chi connectivity index (χ3v) is 4.83. The number of benzene rings is 1. The molecule has 25 heavy (non-hydrogen) atoms. The lowest BCUT2D eigenvalue weighted by molar-refractivity contribution is 0.0263. The molecule has 7 heteroatoms. The Morgan fingerprint density at radius 1 is 1.28 bits per heavy atom. The number of ether oxygens (including phenoxy) is 1. The normalized spacial score (nSPS) is 24.0. The van der Waals surface area contributed by atoms with E-state index < -0.39 is 11.6 Å². The van der Waals surface area contributed by atoms with E-state index in [0.29, 0.717) is 6.10 Å². The highest BCUT2D eigenvalue weighted by molar-refractivity contribution is 14.0. The van der Waals surface area contributed by atoms with Gasteiger partial charge in [0.2, 0.25) is 0 Å². The van der Waals surface area contributed by atoms with Crippen LogP contribution in [0.2, 0.25) is 0 Å². The van der Waals surface area contributed by atoms with Gasteiger partial charge in [0.15, 0.2) is 5.96 Å². The number of nitrogens with one attached hydrogen (secondary N) is 1. The number of likely N-dealkylation sites (tertiary alicyclic amines) is 1. The first-order chi connectivity index (χ1) is 11.6. The van der Waals surface area contributed by atoms with Crippen LogP contribution in [0, 0.1) is 11.6 Å². The standard InChI is InChI=1S/C18H25F2N3O.HI/c1-3-24-12-7-9-23(10-8-12)18(21-2)22-16-11-13(16)17-14(19)5-4-6-15(17)20;/h4-6,12-13,16H,3,7-11H2,1-2H3,(H,21,22);1H. The highest BCUT2D eigenvalue weighted by Crippen LogP contribution is 2.43. The fourth-order valence-corrected chi connectivity index (χ4v) is 3.47. The molecule has 0 radical (unpaired) electrons. The van der Waals surface area contributed by atoms with Crippen LogP contribution >= 0.6 is 24.0 Å². The Balaban J connectivity index is 0.00000225.